The van der Waals surface area contributed by atoms with Crippen LogP contribution >= 0.6 is 23.5 Å². The minimum Gasteiger partial charge on any atom is -0.477 e. The molecule has 2 fully saturated rings. The van der Waals surface area contributed by atoms with Crippen LogP contribution in [0.1, 0.15) is 54.9 Å². The van der Waals surface area contributed by atoms with Crippen molar-refractivity contribution in [2.45, 2.75) is 65.5 Å². The molecule has 2 N–H and O–H groups in total. The second-order valence-corrected chi connectivity index (χ2v) is 9.66. The zero-order chi connectivity index (χ0) is 26.7. The van der Waals surface area contributed by atoms with Gasteiger partial charge in [-0.15, -0.1) is 11.8 Å². The Bertz CT molecular complexity index is 1000. The number of para-hydroxylation sites is 2. The van der Waals surface area contributed by atoms with E-state index in [9.17, 15) is 14.7 Å². The number of fused-ring (bicyclic) bond motifs is 2. The fourth-order valence-corrected chi connectivity index (χ4v) is 6.72. The van der Waals surface area contributed by atoms with Gasteiger partial charge in [0.25, 0.3) is 0 Å². The molecule has 4 heterocycles. The van der Waals surface area contributed by atoms with E-state index >= 15 is 0 Å². The first-order valence-electron chi connectivity index (χ1n) is 12.3. The van der Waals surface area contributed by atoms with Crippen molar-refractivity contribution in [3.63, 3.8) is 0 Å². The fourth-order valence-electron chi connectivity index (χ4n) is 3.54. The van der Waals surface area contributed by atoms with Crippen LogP contribution in [0.15, 0.2) is 34.2 Å². The number of β-lactam (4-membered cyclic amide) rings is 1. The zero-order valence-electron chi connectivity index (χ0n) is 22.1. The molecule has 0 spiro atoms. The normalized spacial score (nSPS) is 17.9. The van der Waals surface area contributed by atoms with Gasteiger partial charge in [0.15, 0.2) is 5.70 Å². The second-order valence-electron chi connectivity index (χ2n) is 6.90. The number of aryl methyl sites for hydroxylation is 1. The Balaban J connectivity index is 0.000000610. The molecule has 35 heavy (non-hydrogen) atoms. The van der Waals surface area contributed by atoms with Gasteiger partial charge in [0.1, 0.15) is 0 Å². The van der Waals surface area contributed by atoms with Crippen molar-refractivity contribution in [1.82, 2.24) is 14.5 Å². The van der Waals surface area contributed by atoms with Crippen molar-refractivity contribution in [1.29, 1.82) is 0 Å². The molecule has 1 aromatic carbocycles. The number of anilines is 1. The molecule has 1 amide bonds. The first kappa shape index (κ1) is 30.9. The van der Waals surface area contributed by atoms with Crippen LogP contribution in [0.25, 0.3) is 11.0 Å². The predicted octanol–water partition coefficient (Wildman–Crippen LogP) is 5.13. The SMILES string of the molecule is CC.CC.CC.CCO.Cn1c(N2CC(SC3=C(C(=O)O)N4C(=O)CC4S3)C2)nc2ccccc21. The minimum atomic E-state index is -1.01. The lowest BCUT2D eigenvalue weighted by atomic mass is 10.2. The Labute approximate surface area is 217 Å². The molecule has 8 nitrogen and oxygen atoms in total. The number of carboxylic acids is 1. The number of thioether (sulfide) groups is 2. The van der Waals surface area contributed by atoms with Gasteiger partial charge in [0, 0.05) is 32.0 Å². The van der Waals surface area contributed by atoms with Crippen molar-refractivity contribution in [3.05, 3.63) is 34.2 Å². The van der Waals surface area contributed by atoms with Crippen molar-refractivity contribution in [2.24, 2.45) is 7.05 Å². The van der Waals surface area contributed by atoms with Crippen molar-refractivity contribution in [3.8, 4) is 0 Å². The third kappa shape index (κ3) is 6.74. The molecule has 2 aromatic rings. The Kier molecular flexibility index (Phi) is 13.3. The molecule has 1 aromatic heterocycles. The molecule has 0 bridgehead atoms. The number of nitrogens with zero attached hydrogens (tertiary/aromatic N) is 4. The number of amides is 1. The smallest absolute Gasteiger partial charge is 0.354 e. The largest absolute Gasteiger partial charge is 0.477 e. The lowest BCUT2D eigenvalue weighted by Crippen LogP contribution is -2.50. The van der Waals surface area contributed by atoms with Gasteiger partial charge in [-0.05, 0) is 19.1 Å². The number of carbonyl (C=O) groups excluding carboxylic acids is 1. The van der Waals surface area contributed by atoms with Crippen LogP contribution in [0.4, 0.5) is 5.95 Å². The highest BCUT2D eigenvalue weighted by Gasteiger charge is 2.49. The summed E-state index contributed by atoms with van der Waals surface area (Å²) in [5.41, 5.74) is 2.25. The molecule has 3 aliphatic heterocycles. The van der Waals surface area contributed by atoms with Gasteiger partial charge in [-0.1, -0.05) is 65.4 Å². The third-order valence-electron chi connectivity index (χ3n) is 4.95. The lowest BCUT2D eigenvalue weighted by Gasteiger charge is -2.39. The summed E-state index contributed by atoms with van der Waals surface area (Å²) in [6.07, 6.45) is 0.433. The number of aliphatic hydroxyl groups excluding tert-OH is 1. The van der Waals surface area contributed by atoms with Crippen LogP contribution in [0, 0.1) is 0 Å². The summed E-state index contributed by atoms with van der Waals surface area (Å²) < 4.78 is 2.86. The maximum Gasteiger partial charge on any atom is 0.354 e. The molecule has 0 radical (unpaired) electrons. The summed E-state index contributed by atoms with van der Waals surface area (Å²) in [4.78, 5) is 31.6. The molecule has 1 unspecified atom stereocenters. The maximum atomic E-state index is 11.7. The Morgan fingerprint density at radius 2 is 1.71 bits per heavy atom. The van der Waals surface area contributed by atoms with Crippen LogP contribution in [0.3, 0.4) is 0 Å². The van der Waals surface area contributed by atoms with Crippen molar-refractivity contribution < 1.29 is 19.8 Å². The van der Waals surface area contributed by atoms with Crippen LogP contribution in [0.2, 0.25) is 0 Å². The molecule has 10 heteroatoms. The number of aromatic nitrogens is 2. The summed E-state index contributed by atoms with van der Waals surface area (Å²) in [6.45, 7) is 15.6. The van der Waals surface area contributed by atoms with Gasteiger partial charge >= 0.3 is 5.97 Å². The van der Waals surface area contributed by atoms with E-state index in [4.69, 9.17) is 10.1 Å². The summed E-state index contributed by atoms with van der Waals surface area (Å²) >= 11 is 3.09. The highest BCUT2D eigenvalue weighted by Crippen LogP contribution is 2.52. The fraction of sp³-hybridized carbons (Fsp3) is 0.560. The maximum absolute atomic E-state index is 11.7. The van der Waals surface area contributed by atoms with Gasteiger partial charge in [-0.2, -0.15) is 0 Å². The second kappa shape index (κ2) is 15.1. The summed E-state index contributed by atoms with van der Waals surface area (Å²) in [7, 11) is 2.01. The summed E-state index contributed by atoms with van der Waals surface area (Å²) in [5, 5.41) is 17.3. The van der Waals surface area contributed by atoms with Crippen LogP contribution in [-0.2, 0) is 16.6 Å². The first-order chi connectivity index (χ1) is 16.9. The number of aliphatic hydroxyl groups is 1. The monoisotopic (exact) mass is 524 g/mol. The average molecular weight is 525 g/mol. The molecule has 196 valence electrons. The third-order valence-corrected chi connectivity index (χ3v) is 7.63. The highest BCUT2D eigenvalue weighted by atomic mass is 32.2. The molecule has 2 saturated heterocycles. The van der Waals surface area contributed by atoms with E-state index in [0.29, 0.717) is 11.7 Å². The molecule has 0 aliphatic carbocycles. The molecule has 0 saturated carbocycles. The van der Waals surface area contributed by atoms with Gasteiger partial charge in [-0.3, -0.25) is 9.69 Å². The highest BCUT2D eigenvalue weighted by molar-refractivity contribution is 8.23. The molecule has 5 rings (SSSR count). The van der Waals surface area contributed by atoms with Crippen LogP contribution < -0.4 is 4.90 Å². The number of rotatable bonds is 4. The number of aliphatic carboxylic acids is 1. The van der Waals surface area contributed by atoms with Crippen molar-refractivity contribution in [2.75, 3.05) is 24.6 Å². The Hall–Kier alpha value is -2.17. The van der Waals surface area contributed by atoms with E-state index in [1.54, 1.807) is 18.7 Å². The van der Waals surface area contributed by atoms with E-state index in [-0.39, 0.29) is 23.6 Å². The number of benzene rings is 1. The molecule has 1 atom stereocenters. The lowest BCUT2D eigenvalue weighted by molar-refractivity contribution is -0.145. The number of carboxylic acid groups (broad SMARTS) is 1. The number of hydrogen-bond acceptors (Lipinski definition) is 7. The number of carbonyl (C=O) groups is 2. The van der Waals surface area contributed by atoms with E-state index in [0.717, 1.165) is 34.3 Å². The topological polar surface area (TPSA) is 98.9 Å². The minimum absolute atomic E-state index is 0.0212. The molecule has 3 aliphatic rings. The van der Waals surface area contributed by atoms with E-state index in [2.05, 4.69) is 15.5 Å². The Morgan fingerprint density at radius 3 is 2.23 bits per heavy atom. The number of hydrogen-bond donors (Lipinski definition) is 2. The van der Waals surface area contributed by atoms with E-state index < -0.39 is 5.97 Å². The molecular weight excluding hydrogens is 484 g/mol. The standard InChI is InChI=1S/C17H16N4O3S2.C2H6O.3C2H6/c1-19-11-5-3-2-4-10(11)18-17(19)20-7-9(8-20)25-16-14(15(23)24)21-12(22)6-13(21)26-16;1-2-3;3*1-2/h2-5,9,13H,6-8H2,1H3,(H,23,24);3H,2H2,1H3;3*1-2H3. The quantitative estimate of drug-likeness (QED) is 0.531. The molecular formula is C25H40N4O4S2. The zero-order valence-corrected chi connectivity index (χ0v) is 23.7. The summed E-state index contributed by atoms with van der Waals surface area (Å²) in [6, 6.07) is 8.05. The van der Waals surface area contributed by atoms with Gasteiger partial charge in [-0.25, -0.2) is 9.78 Å². The van der Waals surface area contributed by atoms with Crippen LogP contribution in [0.5, 0.6) is 0 Å². The average Bonchev–Trinajstić information content (AvgIpc) is 3.34. The Morgan fingerprint density at radius 1 is 1.14 bits per heavy atom. The summed E-state index contributed by atoms with van der Waals surface area (Å²) in [5.74, 6) is -0.166. The number of imidazole rings is 1. The van der Waals surface area contributed by atoms with Gasteiger partial charge < -0.3 is 19.7 Å². The van der Waals surface area contributed by atoms with Crippen LogP contribution in [-0.4, -0.2) is 66.9 Å². The van der Waals surface area contributed by atoms with Gasteiger partial charge in [0.2, 0.25) is 11.9 Å². The predicted molar refractivity (Wildman–Crippen MR) is 149 cm³/mol. The van der Waals surface area contributed by atoms with E-state index in [1.165, 1.54) is 16.7 Å². The van der Waals surface area contributed by atoms with Crippen molar-refractivity contribution >= 4 is 52.4 Å². The van der Waals surface area contributed by atoms with Gasteiger partial charge in [0.05, 0.1) is 27.1 Å². The first-order valence-corrected chi connectivity index (χ1v) is 14.1. The van der Waals surface area contributed by atoms with E-state index in [1.807, 2.05) is 66.8 Å².